The largest absolute Gasteiger partial charge is 0.497 e. The predicted octanol–water partition coefficient (Wildman–Crippen LogP) is 4.09. The maximum absolute atomic E-state index is 12.2. The quantitative estimate of drug-likeness (QED) is 0.415. The van der Waals surface area contributed by atoms with Crippen LogP contribution in [0.15, 0.2) is 71.8 Å². The lowest BCUT2D eigenvalue weighted by molar-refractivity contribution is -0.118. The molecule has 7 heteroatoms. The summed E-state index contributed by atoms with van der Waals surface area (Å²) in [7, 11) is 1.54. The number of aryl methyl sites for hydroxylation is 2. The minimum Gasteiger partial charge on any atom is -0.497 e. The SMILES string of the molecule is COc1cccc(C(=O)N/N=C/c2cccc(OCC(=O)Nc3cc(C)ccc3C)c2)c1. The Labute approximate surface area is 187 Å². The Bertz CT molecular complexity index is 1140. The molecule has 0 heterocycles. The minimum atomic E-state index is -0.351. The van der Waals surface area contributed by atoms with Crippen LogP contribution in [0.25, 0.3) is 0 Å². The fraction of sp³-hybridized carbons (Fsp3) is 0.160. The molecule has 3 aromatic rings. The predicted molar refractivity (Wildman–Crippen MR) is 125 cm³/mol. The number of carbonyl (C=O) groups excluding carboxylic acids is 2. The van der Waals surface area contributed by atoms with Crippen LogP contribution in [-0.4, -0.2) is 31.7 Å². The van der Waals surface area contributed by atoms with Gasteiger partial charge in [0.1, 0.15) is 11.5 Å². The molecule has 0 aliphatic carbocycles. The van der Waals surface area contributed by atoms with E-state index in [1.165, 1.54) is 13.3 Å². The molecule has 0 saturated heterocycles. The molecule has 2 amide bonds. The number of hydrogen-bond donors (Lipinski definition) is 2. The lowest BCUT2D eigenvalue weighted by atomic mass is 10.1. The maximum atomic E-state index is 12.2. The number of hydrogen-bond acceptors (Lipinski definition) is 5. The highest BCUT2D eigenvalue weighted by atomic mass is 16.5. The van der Waals surface area contributed by atoms with Gasteiger partial charge in [0.25, 0.3) is 11.8 Å². The second-order valence-corrected chi connectivity index (χ2v) is 7.16. The van der Waals surface area contributed by atoms with E-state index in [-0.39, 0.29) is 18.4 Å². The molecule has 0 saturated carbocycles. The highest BCUT2D eigenvalue weighted by Gasteiger charge is 2.07. The number of nitrogens with zero attached hydrogens (tertiary/aromatic N) is 1. The Hall–Kier alpha value is -4.13. The van der Waals surface area contributed by atoms with E-state index in [0.29, 0.717) is 22.6 Å². The van der Waals surface area contributed by atoms with E-state index < -0.39 is 0 Å². The monoisotopic (exact) mass is 431 g/mol. The standard InChI is InChI=1S/C25H25N3O4/c1-17-10-11-18(2)23(12-17)27-24(29)16-32-22-9-4-6-19(13-22)15-26-28-25(30)20-7-5-8-21(14-20)31-3/h4-15H,16H2,1-3H3,(H,27,29)(H,28,30)/b26-15+. The molecule has 0 unspecified atom stereocenters. The van der Waals surface area contributed by atoms with E-state index in [4.69, 9.17) is 9.47 Å². The topological polar surface area (TPSA) is 89.0 Å². The molecule has 7 nitrogen and oxygen atoms in total. The molecule has 2 N–H and O–H groups in total. The summed E-state index contributed by atoms with van der Waals surface area (Å²) in [5.41, 5.74) is 6.45. The minimum absolute atomic E-state index is 0.124. The first-order valence-corrected chi connectivity index (χ1v) is 10.0. The van der Waals surface area contributed by atoms with Gasteiger partial charge in [0, 0.05) is 11.3 Å². The molecule has 0 atom stereocenters. The zero-order chi connectivity index (χ0) is 22.9. The molecule has 0 aliphatic rings. The molecule has 0 aromatic heterocycles. The summed E-state index contributed by atoms with van der Waals surface area (Å²) < 4.78 is 10.7. The van der Waals surface area contributed by atoms with Crippen molar-refractivity contribution in [2.75, 3.05) is 19.0 Å². The van der Waals surface area contributed by atoms with Gasteiger partial charge in [0.05, 0.1) is 13.3 Å². The number of methoxy groups -OCH3 is 1. The lowest BCUT2D eigenvalue weighted by Gasteiger charge is -2.10. The molecule has 3 aromatic carbocycles. The summed E-state index contributed by atoms with van der Waals surface area (Å²) in [5.74, 6) is 0.510. The number of anilines is 1. The van der Waals surface area contributed by atoms with Gasteiger partial charge in [-0.05, 0) is 66.9 Å². The maximum Gasteiger partial charge on any atom is 0.271 e. The van der Waals surface area contributed by atoms with Crippen LogP contribution in [0.3, 0.4) is 0 Å². The fourth-order valence-electron chi connectivity index (χ4n) is 2.88. The van der Waals surface area contributed by atoms with E-state index in [9.17, 15) is 9.59 Å². The van der Waals surface area contributed by atoms with E-state index in [1.54, 1.807) is 42.5 Å². The first-order chi connectivity index (χ1) is 15.4. The van der Waals surface area contributed by atoms with Gasteiger partial charge in [-0.1, -0.05) is 30.3 Å². The zero-order valence-electron chi connectivity index (χ0n) is 18.2. The number of carbonyl (C=O) groups is 2. The van der Waals surface area contributed by atoms with E-state index in [2.05, 4.69) is 15.8 Å². The van der Waals surface area contributed by atoms with Crippen LogP contribution in [0.5, 0.6) is 11.5 Å². The van der Waals surface area contributed by atoms with Gasteiger partial charge in [0.2, 0.25) is 0 Å². The van der Waals surface area contributed by atoms with Crippen molar-refractivity contribution in [3.63, 3.8) is 0 Å². The number of ether oxygens (including phenoxy) is 2. The van der Waals surface area contributed by atoms with E-state index in [1.807, 2.05) is 38.1 Å². The Morgan fingerprint density at radius 3 is 2.56 bits per heavy atom. The summed E-state index contributed by atoms with van der Waals surface area (Å²) in [6.45, 7) is 3.78. The molecular weight excluding hydrogens is 406 g/mol. The van der Waals surface area contributed by atoms with Gasteiger partial charge in [-0.25, -0.2) is 5.43 Å². The van der Waals surface area contributed by atoms with Gasteiger partial charge in [-0.3, -0.25) is 9.59 Å². The van der Waals surface area contributed by atoms with Crippen LogP contribution < -0.4 is 20.2 Å². The first kappa shape index (κ1) is 22.6. The van der Waals surface area contributed by atoms with E-state index in [0.717, 1.165) is 16.8 Å². The number of hydrazone groups is 1. The number of nitrogens with one attached hydrogen (secondary N) is 2. The Morgan fingerprint density at radius 2 is 1.75 bits per heavy atom. The van der Waals surface area contributed by atoms with Gasteiger partial charge >= 0.3 is 0 Å². The number of benzene rings is 3. The Kier molecular flexibility index (Phi) is 7.59. The molecule has 0 spiro atoms. The molecular formula is C25H25N3O4. The van der Waals surface area contributed by atoms with Gasteiger partial charge < -0.3 is 14.8 Å². The van der Waals surface area contributed by atoms with Crippen molar-refractivity contribution in [1.29, 1.82) is 0 Å². The van der Waals surface area contributed by atoms with Crippen LogP contribution in [0, 0.1) is 13.8 Å². The lowest BCUT2D eigenvalue weighted by Crippen LogP contribution is -2.20. The van der Waals surface area contributed by atoms with E-state index >= 15 is 0 Å². The molecule has 0 bridgehead atoms. The Balaban J connectivity index is 1.54. The summed E-state index contributed by atoms with van der Waals surface area (Å²) in [6, 6.07) is 19.7. The van der Waals surface area contributed by atoms with Crippen LogP contribution in [-0.2, 0) is 4.79 Å². The van der Waals surface area contributed by atoms with Gasteiger partial charge in [0.15, 0.2) is 6.61 Å². The van der Waals surface area contributed by atoms with Crippen LogP contribution in [0.2, 0.25) is 0 Å². The van der Waals surface area contributed by atoms with Crippen molar-refractivity contribution < 1.29 is 19.1 Å². The van der Waals surface area contributed by atoms with Gasteiger partial charge in [-0.2, -0.15) is 5.10 Å². The fourth-order valence-corrected chi connectivity index (χ4v) is 2.88. The molecule has 164 valence electrons. The summed E-state index contributed by atoms with van der Waals surface area (Å²) in [4.78, 5) is 24.4. The molecule has 3 rings (SSSR count). The second-order valence-electron chi connectivity index (χ2n) is 7.16. The van der Waals surface area contributed by atoms with Crippen LogP contribution in [0.1, 0.15) is 27.0 Å². The summed E-state index contributed by atoms with van der Waals surface area (Å²) in [5, 5.41) is 6.84. The average molecular weight is 431 g/mol. The van der Waals surface area contributed by atoms with Crippen molar-refractivity contribution in [1.82, 2.24) is 5.43 Å². The smallest absolute Gasteiger partial charge is 0.271 e. The third-order valence-electron chi connectivity index (χ3n) is 4.61. The molecule has 0 fully saturated rings. The summed E-state index contributed by atoms with van der Waals surface area (Å²) in [6.07, 6.45) is 1.50. The number of rotatable bonds is 8. The number of amides is 2. The first-order valence-electron chi connectivity index (χ1n) is 10.0. The molecule has 0 radical (unpaired) electrons. The van der Waals surface area contributed by atoms with Crippen molar-refractivity contribution in [2.45, 2.75) is 13.8 Å². The van der Waals surface area contributed by atoms with Crippen LogP contribution >= 0.6 is 0 Å². The normalized spacial score (nSPS) is 10.6. The van der Waals surface area contributed by atoms with Crippen molar-refractivity contribution in [3.8, 4) is 11.5 Å². The third-order valence-corrected chi connectivity index (χ3v) is 4.61. The molecule has 0 aliphatic heterocycles. The molecule has 32 heavy (non-hydrogen) atoms. The highest BCUT2D eigenvalue weighted by molar-refractivity contribution is 5.95. The zero-order valence-corrected chi connectivity index (χ0v) is 18.2. The summed E-state index contributed by atoms with van der Waals surface area (Å²) >= 11 is 0. The third kappa shape index (κ3) is 6.43. The second kappa shape index (κ2) is 10.8. The van der Waals surface area contributed by atoms with Crippen molar-refractivity contribution in [3.05, 3.63) is 89.0 Å². The van der Waals surface area contributed by atoms with Crippen LogP contribution in [0.4, 0.5) is 5.69 Å². The van der Waals surface area contributed by atoms with Gasteiger partial charge in [-0.15, -0.1) is 0 Å². The highest BCUT2D eigenvalue weighted by Crippen LogP contribution is 2.17. The van der Waals surface area contributed by atoms with Crippen molar-refractivity contribution in [2.24, 2.45) is 5.10 Å². The van der Waals surface area contributed by atoms with Crippen molar-refractivity contribution >= 4 is 23.7 Å². The average Bonchev–Trinajstić information content (AvgIpc) is 2.80. The Morgan fingerprint density at radius 1 is 0.969 bits per heavy atom.